The van der Waals surface area contributed by atoms with Crippen LogP contribution in [0.4, 0.5) is 0 Å². The van der Waals surface area contributed by atoms with Crippen LogP contribution < -0.4 is 5.73 Å². The van der Waals surface area contributed by atoms with E-state index in [9.17, 15) is 4.79 Å². The van der Waals surface area contributed by atoms with Gasteiger partial charge in [-0.25, -0.2) is 0 Å². The molecule has 1 saturated carbocycles. The monoisotopic (exact) mass is 293 g/mol. The first-order valence-corrected chi connectivity index (χ1v) is 6.33. The van der Waals surface area contributed by atoms with Crippen molar-refractivity contribution in [2.75, 3.05) is 0 Å². The Bertz CT molecular complexity index is 635. The maximum absolute atomic E-state index is 11.6. The van der Waals surface area contributed by atoms with Gasteiger partial charge in [0.05, 0.1) is 11.1 Å². The number of Topliss-reactive ketones (excluding diaryl/α,β-unsaturated/α-hetero) is 1. The van der Waals surface area contributed by atoms with Crippen LogP contribution in [0.5, 0.6) is 0 Å². The molecule has 2 N–H and O–H groups in total. The lowest BCUT2D eigenvalue weighted by Crippen LogP contribution is -2.44. The first-order chi connectivity index (χ1) is 9.10. The van der Waals surface area contributed by atoms with E-state index in [1.165, 1.54) is 6.92 Å². The molecule has 0 unspecified atom stereocenters. The number of nitrogens with two attached hydrogens (primary N) is 1. The highest BCUT2D eigenvalue weighted by molar-refractivity contribution is 5.99. The highest BCUT2D eigenvalue weighted by Crippen LogP contribution is 2.37. The van der Waals surface area contributed by atoms with Crippen molar-refractivity contribution in [3.8, 4) is 11.5 Å². The Morgan fingerprint density at radius 1 is 1.35 bits per heavy atom. The van der Waals surface area contributed by atoms with Gasteiger partial charge < -0.3 is 10.3 Å². The number of hydrogen-bond donors (Lipinski definition) is 1. The lowest BCUT2D eigenvalue weighted by atomic mass is 9.77. The minimum absolute atomic E-state index is 0. The predicted molar refractivity (Wildman–Crippen MR) is 76.7 cm³/mol. The number of benzene rings is 1. The number of ketones is 1. The Balaban J connectivity index is 0.00000147. The SMILES string of the molecule is CC(=O)c1ccccc1-c1nc(C2(N)CCC2)no1.Cl. The van der Waals surface area contributed by atoms with Gasteiger partial charge in [0.1, 0.15) is 0 Å². The van der Waals surface area contributed by atoms with Gasteiger partial charge in [0.15, 0.2) is 11.6 Å². The molecule has 0 saturated heterocycles. The molecule has 1 heterocycles. The molecule has 6 heteroatoms. The van der Waals surface area contributed by atoms with Gasteiger partial charge in [0, 0.05) is 5.56 Å². The number of nitrogens with zero attached hydrogens (tertiary/aromatic N) is 2. The topological polar surface area (TPSA) is 82.0 Å². The van der Waals surface area contributed by atoms with Crippen LogP contribution in [0.3, 0.4) is 0 Å². The van der Waals surface area contributed by atoms with Crippen LogP contribution in [0.25, 0.3) is 11.5 Å². The fourth-order valence-electron chi connectivity index (χ4n) is 2.29. The fourth-order valence-corrected chi connectivity index (χ4v) is 2.29. The Kier molecular flexibility index (Phi) is 3.92. The first kappa shape index (κ1) is 14.7. The van der Waals surface area contributed by atoms with Crippen molar-refractivity contribution >= 4 is 18.2 Å². The van der Waals surface area contributed by atoms with E-state index < -0.39 is 5.54 Å². The van der Waals surface area contributed by atoms with Crippen LogP contribution in [-0.4, -0.2) is 15.9 Å². The molecule has 1 fully saturated rings. The number of carbonyl (C=O) groups excluding carboxylic acids is 1. The third kappa shape index (κ3) is 2.34. The molecule has 0 spiro atoms. The summed E-state index contributed by atoms with van der Waals surface area (Å²) >= 11 is 0. The average molecular weight is 294 g/mol. The van der Waals surface area contributed by atoms with E-state index in [1.807, 2.05) is 12.1 Å². The lowest BCUT2D eigenvalue weighted by Gasteiger charge is -2.34. The van der Waals surface area contributed by atoms with Gasteiger partial charge >= 0.3 is 0 Å². The van der Waals surface area contributed by atoms with Gasteiger partial charge in [-0.1, -0.05) is 23.4 Å². The van der Waals surface area contributed by atoms with Crippen LogP contribution >= 0.6 is 12.4 Å². The number of carbonyl (C=O) groups is 1. The molecule has 20 heavy (non-hydrogen) atoms. The molecule has 0 atom stereocenters. The molecule has 1 aromatic heterocycles. The zero-order valence-electron chi connectivity index (χ0n) is 11.1. The molecule has 1 aliphatic carbocycles. The van der Waals surface area contributed by atoms with E-state index in [4.69, 9.17) is 10.3 Å². The normalized spacial score (nSPS) is 16.1. The standard InChI is InChI=1S/C14H15N3O2.ClH/c1-9(18)10-5-2-3-6-11(10)12-16-13(17-19-12)14(15)7-4-8-14;/h2-3,5-6H,4,7-8,15H2,1H3;1H. The second-order valence-electron chi connectivity index (χ2n) is 5.03. The van der Waals surface area contributed by atoms with Crippen molar-refractivity contribution in [3.05, 3.63) is 35.7 Å². The zero-order valence-corrected chi connectivity index (χ0v) is 11.9. The summed E-state index contributed by atoms with van der Waals surface area (Å²) in [5.74, 6) is 0.867. The second kappa shape index (κ2) is 5.34. The van der Waals surface area contributed by atoms with Crippen molar-refractivity contribution in [1.29, 1.82) is 0 Å². The highest BCUT2D eigenvalue weighted by atomic mass is 35.5. The number of halogens is 1. The smallest absolute Gasteiger partial charge is 0.258 e. The molecule has 3 rings (SSSR count). The molecule has 1 aromatic carbocycles. The zero-order chi connectivity index (χ0) is 13.5. The minimum atomic E-state index is -0.451. The third-order valence-corrected chi connectivity index (χ3v) is 3.65. The predicted octanol–water partition coefficient (Wildman–Crippen LogP) is 2.70. The van der Waals surface area contributed by atoms with Crippen LogP contribution in [0.2, 0.25) is 0 Å². The second-order valence-corrected chi connectivity index (χ2v) is 5.03. The first-order valence-electron chi connectivity index (χ1n) is 6.33. The van der Waals surface area contributed by atoms with E-state index in [0.717, 1.165) is 19.3 Å². The van der Waals surface area contributed by atoms with Crippen LogP contribution in [0.15, 0.2) is 28.8 Å². The molecule has 2 aromatic rings. The van der Waals surface area contributed by atoms with Gasteiger partial charge in [-0.15, -0.1) is 12.4 Å². The number of hydrogen-bond acceptors (Lipinski definition) is 5. The van der Waals surface area contributed by atoms with E-state index in [0.29, 0.717) is 22.8 Å². The van der Waals surface area contributed by atoms with E-state index in [2.05, 4.69) is 10.1 Å². The summed E-state index contributed by atoms with van der Waals surface area (Å²) in [7, 11) is 0. The molecular weight excluding hydrogens is 278 g/mol. The molecule has 0 aliphatic heterocycles. The molecule has 106 valence electrons. The average Bonchev–Trinajstić information content (AvgIpc) is 2.85. The summed E-state index contributed by atoms with van der Waals surface area (Å²) in [6.07, 6.45) is 2.84. The summed E-state index contributed by atoms with van der Waals surface area (Å²) in [6, 6.07) is 7.21. The van der Waals surface area contributed by atoms with Crippen molar-refractivity contribution in [3.63, 3.8) is 0 Å². The maximum atomic E-state index is 11.6. The molecule has 0 radical (unpaired) electrons. The summed E-state index contributed by atoms with van der Waals surface area (Å²) in [6.45, 7) is 1.52. The summed E-state index contributed by atoms with van der Waals surface area (Å²) in [5.41, 5.74) is 6.95. The van der Waals surface area contributed by atoms with Gasteiger partial charge in [-0.05, 0) is 32.3 Å². The lowest BCUT2D eigenvalue weighted by molar-refractivity contribution is 0.101. The third-order valence-electron chi connectivity index (χ3n) is 3.65. The minimum Gasteiger partial charge on any atom is -0.334 e. The summed E-state index contributed by atoms with van der Waals surface area (Å²) < 4.78 is 5.27. The van der Waals surface area contributed by atoms with Gasteiger partial charge in [-0.2, -0.15) is 4.98 Å². The van der Waals surface area contributed by atoms with E-state index in [-0.39, 0.29) is 18.2 Å². The largest absolute Gasteiger partial charge is 0.334 e. The number of rotatable bonds is 3. The van der Waals surface area contributed by atoms with Crippen molar-refractivity contribution < 1.29 is 9.32 Å². The van der Waals surface area contributed by atoms with Crippen molar-refractivity contribution in [1.82, 2.24) is 10.1 Å². The van der Waals surface area contributed by atoms with Gasteiger partial charge in [0.25, 0.3) is 5.89 Å². The Labute approximate surface area is 123 Å². The Hall–Kier alpha value is -1.72. The molecular formula is C14H16ClN3O2. The van der Waals surface area contributed by atoms with E-state index >= 15 is 0 Å². The quantitative estimate of drug-likeness (QED) is 0.880. The van der Waals surface area contributed by atoms with Crippen LogP contribution in [0, 0.1) is 0 Å². The highest BCUT2D eigenvalue weighted by Gasteiger charge is 2.39. The van der Waals surface area contributed by atoms with Gasteiger partial charge in [-0.3, -0.25) is 4.79 Å². The molecule has 0 bridgehead atoms. The summed E-state index contributed by atoms with van der Waals surface area (Å²) in [4.78, 5) is 16.0. The van der Waals surface area contributed by atoms with Crippen molar-refractivity contribution in [2.24, 2.45) is 5.73 Å². The fraction of sp³-hybridized carbons (Fsp3) is 0.357. The molecule has 1 aliphatic rings. The van der Waals surface area contributed by atoms with Gasteiger partial charge in [0.2, 0.25) is 0 Å². The Morgan fingerprint density at radius 2 is 2.05 bits per heavy atom. The molecule has 0 amide bonds. The maximum Gasteiger partial charge on any atom is 0.258 e. The van der Waals surface area contributed by atoms with Crippen LogP contribution in [-0.2, 0) is 5.54 Å². The molecule has 5 nitrogen and oxygen atoms in total. The van der Waals surface area contributed by atoms with Crippen LogP contribution in [0.1, 0.15) is 42.4 Å². The van der Waals surface area contributed by atoms with Crippen molar-refractivity contribution in [2.45, 2.75) is 31.7 Å². The Morgan fingerprint density at radius 3 is 2.65 bits per heavy atom. The van der Waals surface area contributed by atoms with E-state index in [1.54, 1.807) is 12.1 Å². The number of aromatic nitrogens is 2. The summed E-state index contributed by atoms with van der Waals surface area (Å²) in [5, 5.41) is 3.96.